The maximum atomic E-state index is 5.51. The first-order chi connectivity index (χ1) is 8.86. The average molecular weight is 259 g/mol. The fraction of sp³-hybridized carbons (Fsp3) is 0.0909. The first-order valence-electron chi connectivity index (χ1n) is 5.27. The third-order valence-corrected chi connectivity index (χ3v) is 3.14. The molecule has 0 fully saturated rings. The van der Waals surface area contributed by atoms with Crippen molar-refractivity contribution in [3.8, 4) is 23.1 Å². The van der Waals surface area contributed by atoms with Gasteiger partial charge in [0.05, 0.1) is 0 Å². The summed E-state index contributed by atoms with van der Waals surface area (Å²) in [4.78, 5) is 12.7. The molecule has 0 saturated carbocycles. The number of thiazole rings is 1. The normalized spacial score (nSPS) is 10.7. The molecule has 6 nitrogen and oxygen atoms in total. The van der Waals surface area contributed by atoms with Crippen LogP contribution in [-0.4, -0.2) is 20.1 Å². The van der Waals surface area contributed by atoms with Gasteiger partial charge in [0, 0.05) is 18.1 Å². The van der Waals surface area contributed by atoms with Crippen LogP contribution in [0.25, 0.3) is 23.1 Å². The van der Waals surface area contributed by atoms with Crippen LogP contribution in [0, 0.1) is 0 Å². The Balaban J connectivity index is 1.94. The van der Waals surface area contributed by atoms with Crippen molar-refractivity contribution in [2.24, 2.45) is 5.73 Å². The van der Waals surface area contributed by atoms with E-state index in [4.69, 9.17) is 10.3 Å². The van der Waals surface area contributed by atoms with E-state index in [0.717, 1.165) is 5.01 Å². The molecule has 0 radical (unpaired) electrons. The van der Waals surface area contributed by atoms with E-state index in [1.165, 1.54) is 11.3 Å². The molecule has 3 aromatic heterocycles. The van der Waals surface area contributed by atoms with Crippen molar-refractivity contribution < 1.29 is 4.52 Å². The van der Waals surface area contributed by atoms with Gasteiger partial charge < -0.3 is 10.3 Å². The minimum atomic E-state index is 0.381. The Morgan fingerprint density at radius 3 is 2.89 bits per heavy atom. The molecule has 0 aliphatic rings. The minimum absolute atomic E-state index is 0.381. The molecule has 3 aromatic rings. The van der Waals surface area contributed by atoms with Gasteiger partial charge in [0.1, 0.15) is 16.4 Å². The summed E-state index contributed by atoms with van der Waals surface area (Å²) in [5.41, 5.74) is 6.83. The molecule has 0 aliphatic carbocycles. The van der Waals surface area contributed by atoms with Gasteiger partial charge in [-0.15, -0.1) is 11.3 Å². The lowest BCUT2D eigenvalue weighted by Gasteiger charge is -1.89. The molecule has 7 heteroatoms. The second kappa shape index (κ2) is 4.63. The van der Waals surface area contributed by atoms with Gasteiger partial charge >= 0.3 is 0 Å². The summed E-state index contributed by atoms with van der Waals surface area (Å²) in [6.45, 7) is 0.409. The van der Waals surface area contributed by atoms with Gasteiger partial charge in [-0.2, -0.15) is 4.98 Å². The lowest BCUT2D eigenvalue weighted by Crippen LogP contribution is -1.94. The first-order valence-corrected chi connectivity index (χ1v) is 6.15. The molecule has 0 saturated heterocycles. The van der Waals surface area contributed by atoms with Crippen LogP contribution in [-0.2, 0) is 6.54 Å². The molecule has 0 aromatic carbocycles. The predicted octanol–water partition coefficient (Wildman–Crippen LogP) is 1.71. The highest BCUT2D eigenvalue weighted by molar-refractivity contribution is 7.09. The summed E-state index contributed by atoms with van der Waals surface area (Å²) in [5, 5.41) is 6.56. The molecule has 2 N–H and O–H groups in total. The van der Waals surface area contributed by atoms with Crippen LogP contribution in [0.1, 0.15) is 5.01 Å². The molecule has 0 unspecified atom stereocenters. The Kier molecular flexibility index (Phi) is 2.83. The van der Waals surface area contributed by atoms with Crippen molar-refractivity contribution in [2.45, 2.75) is 6.54 Å². The fourth-order valence-electron chi connectivity index (χ4n) is 1.43. The van der Waals surface area contributed by atoms with Crippen LogP contribution >= 0.6 is 11.3 Å². The Morgan fingerprint density at radius 1 is 1.22 bits per heavy atom. The summed E-state index contributed by atoms with van der Waals surface area (Å²) in [6.07, 6.45) is 1.68. The zero-order chi connectivity index (χ0) is 12.4. The minimum Gasteiger partial charge on any atom is -0.332 e. The summed E-state index contributed by atoms with van der Waals surface area (Å²) < 4.78 is 5.17. The summed E-state index contributed by atoms with van der Waals surface area (Å²) >= 11 is 1.47. The Labute approximate surface area is 107 Å². The zero-order valence-electron chi connectivity index (χ0n) is 9.28. The quantitative estimate of drug-likeness (QED) is 0.770. The standard InChI is InChI=1S/C11H9N5OS/c12-5-9-14-8(6-18-9)11-15-10(16-17-11)7-3-1-2-4-13-7/h1-4,6H,5,12H2. The zero-order valence-corrected chi connectivity index (χ0v) is 10.1. The van der Waals surface area contributed by atoms with E-state index in [1.807, 2.05) is 23.6 Å². The molecule has 0 amide bonds. The van der Waals surface area contributed by atoms with Crippen LogP contribution in [0.15, 0.2) is 34.3 Å². The van der Waals surface area contributed by atoms with E-state index >= 15 is 0 Å². The Bertz CT molecular complexity index is 648. The average Bonchev–Trinajstić information content (AvgIpc) is 3.08. The van der Waals surface area contributed by atoms with Crippen LogP contribution < -0.4 is 5.73 Å². The Morgan fingerprint density at radius 2 is 2.17 bits per heavy atom. The predicted molar refractivity (Wildman–Crippen MR) is 66.5 cm³/mol. The molecule has 18 heavy (non-hydrogen) atoms. The second-order valence-electron chi connectivity index (χ2n) is 3.47. The molecule has 3 rings (SSSR count). The molecule has 0 spiro atoms. The van der Waals surface area contributed by atoms with Gasteiger partial charge in [-0.25, -0.2) is 4.98 Å². The molecule has 90 valence electrons. The first kappa shape index (κ1) is 11.0. The van der Waals surface area contributed by atoms with E-state index in [9.17, 15) is 0 Å². The largest absolute Gasteiger partial charge is 0.332 e. The molecule has 0 atom stereocenters. The van der Waals surface area contributed by atoms with Crippen molar-refractivity contribution >= 4 is 11.3 Å². The van der Waals surface area contributed by atoms with Crippen LogP contribution in [0.2, 0.25) is 0 Å². The summed E-state index contributed by atoms with van der Waals surface area (Å²) in [5.74, 6) is 0.833. The topological polar surface area (TPSA) is 90.7 Å². The van der Waals surface area contributed by atoms with Crippen molar-refractivity contribution in [2.75, 3.05) is 0 Å². The van der Waals surface area contributed by atoms with Crippen molar-refractivity contribution in [1.82, 2.24) is 20.1 Å². The fourth-order valence-corrected chi connectivity index (χ4v) is 2.08. The van der Waals surface area contributed by atoms with Gasteiger partial charge in [0.15, 0.2) is 0 Å². The maximum absolute atomic E-state index is 5.51. The Hall–Kier alpha value is -2.12. The van der Waals surface area contributed by atoms with E-state index in [-0.39, 0.29) is 0 Å². The lowest BCUT2D eigenvalue weighted by molar-refractivity contribution is 0.431. The molecular formula is C11H9N5OS. The SMILES string of the molecule is NCc1nc(-c2nc(-c3ccccn3)no2)cs1. The van der Waals surface area contributed by atoms with E-state index < -0.39 is 0 Å². The van der Waals surface area contributed by atoms with Gasteiger partial charge in [-0.1, -0.05) is 11.2 Å². The molecular weight excluding hydrogens is 250 g/mol. The van der Waals surface area contributed by atoms with Gasteiger partial charge in [-0.3, -0.25) is 4.98 Å². The number of hydrogen-bond acceptors (Lipinski definition) is 7. The number of nitrogens with zero attached hydrogens (tertiary/aromatic N) is 4. The second-order valence-corrected chi connectivity index (χ2v) is 4.41. The molecule has 0 bridgehead atoms. The number of rotatable bonds is 3. The van der Waals surface area contributed by atoms with E-state index in [1.54, 1.807) is 6.20 Å². The van der Waals surface area contributed by atoms with Crippen molar-refractivity contribution in [3.63, 3.8) is 0 Å². The maximum Gasteiger partial charge on any atom is 0.277 e. The number of hydrogen-bond donors (Lipinski definition) is 1. The highest BCUT2D eigenvalue weighted by Crippen LogP contribution is 2.22. The van der Waals surface area contributed by atoms with Gasteiger partial charge in [0.25, 0.3) is 5.89 Å². The summed E-state index contributed by atoms with van der Waals surface area (Å²) in [7, 11) is 0. The number of pyridine rings is 1. The third kappa shape index (κ3) is 2.01. The monoisotopic (exact) mass is 259 g/mol. The van der Waals surface area contributed by atoms with Gasteiger partial charge in [0.2, 0.25) is 5.82 Å². The molecule has 3 heterocycles. The summed E-state index contributed by atoms with van der Waals surface area (Å²) in [6, 6.07) is 5.52. The third-order valence-electron chi connectivity index (χ3n) is 2.27. The lowest BCUT2D eigenvalue weighted by atomic mass is 10.3. The smallest absolute Gasteiger partial charge is 0.277 e. The highest BCUT2D eigenvalue weighted by Gasteiger charge is 2.13. The van der Waals surface area contributed by atoms with Crippen molar-refractivity contribution in [3.05, 3.63) is 34.8 Å². The van der Waals surface area contributed by atoms with Gasteiger partial charge in [-0.05, 0) is 12.1 Å². The van der Waals surface area contributed by atoms with Crippen molar-refractivity contribution in [1.29, 1.82) is 0 Å². The van der Waals surface area contributed by atoms with E-state index in [2.05, 4.69) is 20.1 Å². The highest BCUT2D eigenvalue weighted by atomic mass is 32.1. The molecule has 0 aliphatic heterocycles. The van der Waals surface area contributed by atoms with Crippen LogP contribution in [0.4, 0.5) is 0 Å². The number of nitrogens with two attached hydrogens (primary N) is 1. The van der Waals surface area contributed by atoms with Crippen LogP contribution in [0.5, 0.6) is 0 Å². The van der Waals surface area contributed by atoms with E-state index in [0.29, 0.717) is 29.6 Å². The number of aromatic nitrogens is 4. The van der Waals surface area contributed by atoms with Crippen LogP contribution in [0.3, 0.4) is 0 Å².